The summed E-state index contributed by atoms with van der Waals surface area (Å²) >= 11 is 7.24. The van der Waals surface area contributed by atoms with Crippen molar-refractivity contribution in [1.82, 2.24) is 4.90 Å². The number of nitrogens with zero attached hydrogens (tertiary/aromatic N) is 1. The maximum Gasteiger partial charge on any atom is 0.268 e. The van der Waals surface area contributed by atoms with Gasteiger partial charge in [-0.15, -0.1) is 0 Å². The molecule has 2 aromatic carbocycles. The Bertz CT molecular complexity index is 939. The van der Waals surface area contributed by atoms with Gasteiger partial charge in [-0.25, -0.2) is 0 Å². The number of carbonyl (C=O) groups excluding carboxylic acids is 2. The molecule has 30 heavy (non-hydrogen) atoms. The van der Waals surface area contributed by atoms with Crippen LogP contribution in [-0.4, -0.2) is 42.6 Å². The summed E-state index contributed by atoms with van der Waals surface area (Å²) in [5.41, 5.74) is 1.08. The lowest BCUT2D eigenvalue weighted by molar-refractivity contribution is -0.137. The molecule has 0 spiro atoms. The third-order valence-electron chi connectivity index (χ3n) is 4.38. The highest BCUT2D eigenvalue weighted by Gasteiger charge is 2.39. The van der Waals surface area contributed by atoms with Crippen LogP contribution in [0, 0.1) is 0 Å². The Kier molecular flexibility index (Phi) is 7.58. The first-order chi connectivity index (χ1) is 14.4. The van der Waals surface area contributed by atoms with Gasteiger partial charge in [0.1, 0.15) is 5.75 Å². The SMILES string of the molecule is CCOc1ccc(C2=C(Sc3ccc(Cl)cc3)C(=O)N(CCOC(C)C)C2=O)cc1. The van der Waals surface area contributed by atoms with E-state index in [2.05, 4.69) is 0 Å². The van der Waals surface area contributed by atoms with Gasteiger partial charge in [-0.05, 0) is 62.7 Å². The van der Waals surface area contributed by atoms with Crippen LogP contribution >= 0.6 is 23.4 Å². The minimum absolute atomic E-state index is 0.0271. The molecule has 0 saturated heterocycles. The van der Waals surface area contributed by atoms with Crippen LogP contribution < -0.4 is 4.74 Å². The Hall–Kier alpha value is -2.28. The lowest BCUT2D eigenvalue weighted by Crippen LogP contribution is -2.35. The molecule has 0 N–H and O–H groups in total. The first-order valence-corrected chi connectivity index (χ1v) is 11.0. The number of rotatable bonds is 9. The lowest BCUT2D eigenvalue weighted by Gasteiger charge is -2.16. The van der Waals surface area contributed by atoms with Crippen molar-refractivity contribution in [1.29, 1.82) is 0 Å². The van der Waals surface area contributed by atoms with E-state index in [1.54, 1.807) is 24.3 Å². The molecule has 0 aromatic heterocycles. The summed E-state index contributed by atoms with van der Waals surface area (Å²) in [6.45, 7) is 6.80. The minimum Gasteiger partial charge on any atom is -0.494 e. The van der Waals surface area contributed by atoms with Gasteiger partial charge in [0.05, 0.1) is 36.3 Å². The Morgan fingerprint density at radius 3 is 2.27 bits per heavy atom. The summed E-state index contributed by atoms with van der Waals surface area (Å²) in [5, 5.41) is 0.612. The zero-order valence-corrected chi connectivity index (χ0v) is 18.8. The van der Waals surface area contributed by atoms with Gasteiger partial charge in [-0.1, -0.05) is 35.5 Å². The van der Waals surface area contributed by atoms with Crippen molar-refractivity contribution in [2.45, 2.75) is 31.8 Å². The number of thioether (sulfide) groups is 1. The summed E-state index contributed by atoms with van der Waals surface area (Å²) in [7, 11) is 0. The quantitative estimate of drug-likeness (QED) is 0.506. The zero-order valence-electron chi connectivity index (χ0n) is 17.2. The van der Waals surface area contributed by atoms with E-state index >= 15 is 0 Å². The topological polar surface area (TPSA) is 55.8 Å². The predicted molar refractivity (Wildman–Crippen MR) is 120 cm³/mol. The maximum absolute atomic E-state index is 13.2. The van der Waals surface area contributed by atoms with Gasteiger partial charge in [-0.3, -0.25) is 14.5 Å². The number of benzene rings is 2. The van der Waals surface area contributed by atoms with Crippen molar-refractivity contribution in [2.75, 3.05) is 19.8 Å². The van der Waals surface area contributed by atoms with Crippen molar-refractivity contribution in [3.63, 3.8) is 0 Å². The highest BCUT2D eigenvalue weighted by Crippen LogP contribution is 2.40. The molecule has 1 heterocycles. The molecule has 0 saturated carbocycles. The van der Waals surface area contributed by atoms with E-state index in [-0.39, 0.29) is 24.5 Å². The van der Waals surface area contributed by atoms with Crippen LogP contribution in [0.25, 0.3) is 5.57 Å². The smallest absolute Gasteiger partial charge is 0.268 e. The Morgan fingerprint density at radius 1 is 1.00 bits per heavy atom. The second-order valence-electron chi connectivity index (χ2n) is 6.90. The molecule has 0 fully saturated rings. The lowest BCUT2D eigenvalue weighted by atomic mass is 10.1. The summed E-state index contributed by atoms with van der Waals surface area (Å²) in [6, 6.07) is 14.4. The van der Waals surface area contributed by atoms with E-state index < -0.39 is 0 Å². The van der Waals surface area contributed by atoms with Crippen LogP contribution in [0.4, 0.5) is 0 Å². The molecule has 0 bridgehead atoms. The molecule has 5 nitrogen and oxygen atoms in total. The molecule has 1 aliphatic rings. The van der Waals surface area contributed by atoms with Crippen LogP contribution in [0.3, 0.4) is 0 Å². The molecule has 0 radical (unpaired) electrons. The summed E-state index contributed by atoms with van der Waals surface area (Å²) in [4.78, 5) is 28.8. The molecule has 2 amide bonds. The fraction of sp³-hybridized carbons (Fsp3) is 0.304. The summed E-state index contributed by atoms with van der Waals surface area (Å²) in [5.74, 6) is 0.0943. The number of carbonyl (C=O) groups is 2. The van der Waals surface area contributed by atoms with Crippen molar-refractivity contribution in [3.8, 4) is 5.75 Å². The Morgan fingerprint density at radius 2 is 1.67 bits per heavy atom. The third kappa shape index (κ3) is 5.25. The number of imide groups is 1. The molecular weight excluding hydrogens is 422 g/mol. The first-order valence-electron chi connectivity index (χ1n) is 9.79. The van der Waals surface area contributed by atoms with Crippen LogP contribution in [0.15, 0.2) is 58.3 Å². The molecular formula is C23H24ClNO4S. The minimum atomic E-state index is -0.312. The summed E-state index contributed by atoms with van der Waals surface area (Å²) < 4.78 is 11.0. The highest BCUT2D eigenvalue weighted by atomic mass is 35.5. The number of amides is 2. The summed E-state index contributed by atoms with van der Waals surface area (Å²) in [6.07, 6.45) is 0.0271. The number of ether oxygens (including phenoxy) is 2. The fourth-order valence-corrected chi connectivity index (χ4v) is 4.13. The van der Waals surface area contributed by atoms with Crippen molar-refractivity contribution in [3.05, 3.63) is 64.0 Å². The second-order valence-corrected chi connectivity index (χ2v) is 8.42. The Labute approximate surface area is 186 Å². The predicted octanol–water partition coefficient (Wildman–Crippen LogP) is 5.04. The van der Waals surface area contributed by atoms with Gasteiger partial charge < -0.3 is 9.47 Å². The zero-order chi connectivity index (χ0) is 21.7. The molecule has 3 rings (SSSR count). The van der Waals surface area contributed by atoms with Gasteiger partial charge in [0.2, 0.25) is 0 Å². The Balaban J connectivity index is 1.93. The molecule has 1 aliphatic heterocycles. The first kappa shape index (κ1) is 22.4. The van der Waals surface area contributed by atoms with Gasteiger partial charge in [0, 0.05) is 9.92 Å². The van der Waals surface area contributed by atoms with E-state index in [9.17, 15) is 9.59 Å². The van der Waals surface area contributed by atoms with Crippen molar-refractivity contribution in [2.24, 2.45) is 0 Å². The molecule has 0 unspecified atom stereocenters. The van der Waals surface area contributed by atoms with Crippen LogP contribution in [0.1, 0.15) is 26.3 Å². The molecule has 158 valence electrons. The van der Waals surface area contributed by atoms with Gasteiger partial charge in [0.15, 0.2) is 0 Å². The standard InChI is InChI=1S/C23H24ClNO4S/c1-4-28-18-9-5-16(6-10-18)20-21(30-19-11-7-17(24)8-12-19)23(27)25(22(20)26)13-14-29-15(2)3/h5-12,15H,4,13-14H2,1-3H3. The normalized spacial score (nSPS) is 14.2. The van der Waals surface area contributed by atoms with Crippen molar-refractivity contribution >= 4 is 40.8 Å². The largest absolute Gasteiger partial charge is 0.494 e. The maximum atomic E-state index is 13.2. The average Bonchev–Trinajstić information content (AvgIpc) is 2.94. The van der Waals surface area contributed by atoms with Crippen LogP contribution in [-0.2, 0) is 14.3 Å². The number of hydrogen-bond donors (Lipinski definition) is 0. The van der Waals surface area contributed by atoms with E-state index in [0.717, 1.165) is 4.90 Å². The van der Waals surface area contributed by atoms with E-state index in [0.29, 0.717) is 40.0 Å². The molecule has 0 atom stereocenters. The number of halogens is 1. The second kappa shape index (κ2) is 10.2. The highest BCUT2D eigenvalue weighted by molar-refractivity contribution is 8.04. The monoisotopic (exact) mass is 445 g/mol. The third-order valence-corrected chi connectivity index (χ3v) is 5.72. The van der Waals surface area contributed by atoms with Crippen molar-refractivity contribution < 1.29 is 19.1 Å². The van der Waals surface area contributed by atoms with E-state index in [4.69, 9.17) is 21.1 Å². The molecule has 7 heteroatoms. The fourth-order valence-electron chi connectivity index (χ4n) is 2.99. The van der Waals surface area contributed by atoms with E-state index in [1.807, 2.05) is 45.0 Å². The molecule has 0 aliphatic carbocycles. The van der Waals surface area contributed by atoms with Gasteiger partial charge >= 0.3 is 0 Å². The van der Waals surface area contributed by atoms with E-state index in [1.165, 1.54) is 16.7 Å². The van der Waals surface area contributed by atoms with Gasteiger partial charge in [0.25, 0.3) is 11.8 Å². The van der Waals surface area contributed by atoms with Gasteiger partial charge in [-0.2, -0.15) is 0 Å². The van der Waals surface area contributed by atoms with Crippen LogP contribution in [0.2, 0.25) is 5.02 Å². The van der Waals surface area contributed by atoms with Crippen LogP contribution in [0.5, 0.6) is 5.75 Å². The molecule has 2 aromatic rings. The average molecular weight is 446 g/mol. The number of hydrogen-bond acceptors (Lipinski definition) is 5.